The number of hydrogen-bond donors (Lipinski definition) is 0. The van der Waals surface area contributed by atoms with Gasteiger partial charge in [0, 0.05) is 29.5 Å². The Morgan fingerprint density at radius 3 is 2.81 bits per heavy atom. The van der Waals surface area contributed by atoms with Gasteiger partial charge in [-0.3, -0.25) is 9.36 Å². The van der Waals surface area contributed by atoms with Crippen LogP contribution in [0.1, 0.15) is 32.1 Å². The van der Waals surface area contributed by atoms with Gasteiger partial charge in [-0.2, -0.15) is 0 Å². The zero-order valence-electron chi connectivity index (χ0n) is 11.7. The molecule has 0 saturated heterocycles. The summed E-state index contributed by atoms with van der Waals surface area (Å²) in [6, 6.07) is 7.65. The summed E-state index contributed by atoms with van der Waals surface area (Å²) in [5.41, 5.74) is 1.01. The van der Waals surface area contributed by atoms with E-state index >= 15 is 0 Å². The molecule has 0 unspecified atom stereocenters. The summed E-state index contributed by atoms with van der Waals surface area (Å²) in [7, 11) is 0. The second kappa shape index (κ2) is 6.67. The maximum Gasteiger partial charge on any atom is 0.173 e. The van der Waals surface area contributed by atoms with Gasteiger partial charge in [0.1, 0.15) is 5.78 Å². The number of rotatable bonds is 3. The number of Topliss-reactive ketones (excluding diaryl/α,β-unsaturated/α-hetero) is 1. The Morgan fingerprint density at radius 2 is 2.00 bits per heavy atom. The molecular weight excluding hydrogens is 304 g/mol. The molecule has 1 fully saturated rings. The average Bonchev–Trinajstić information content (AvgIpc) is 2.85. The number of imidazole rings is 1. The predicted octanol–water partition coefficient (Wildman–Crippen LogP) is 4.52. The first-order chi connectivity index (χ1) is 10.2. The van der Waals surface area contributed by atoms with E-state index in [9.17, 15) is 4.79 Å². The highest BCUT2D eigenvalue weighted by molar-refractivity contribution is 8.00. The molecule has 0 aliphatic heterocycles. The minimum atomic E-state index is 0.0425. The Morgan fingerprint density at radius 1 is 1.19 bits per heavy atom. The molecule has 1 aromatic carbocycles. The largest absolute Gasteiger partial charge is 0.298 e. The van der Waals surface area contributed by atoms with Gasteiger partial charge in [0.15, 0.2) is 5.16 Å². The number of nitrogens with zero attached hydrogens (tertiary/aromatic N) is 2. The average molecular weight is 321 g/mol. The SMILES string of the molecule is O=C1CCCCC[C@H]1Sc1nccn1-c1ccc(Cl)cc1. The molecule has 0 radical (unpaired) electrons. The van der Waals surface area contributed by atoms with E-state index in [0.29, 0.717) is 17.2 Å². The van der Waals surface area contributed by atoms with Gasteiger partial charge in [-0.05, 0) is 37.1 Å². The molecule has 5 heteroatoms. The number of hydrogen-bond acceptors (Lipinski definition) is 3. The van der Waals surface area contributed by atoms with Crippen molar-refractivity contribution in [2.75, 3.05) is 0 Å². The van der Waals surface area contributed by atoms with E-state index < -0.39 is 0 Å². The molecule has 110 valence electrons. The predicted molar refractivity (Wildman–Crippen MR) is 86.3 cm³/mol. The molecule has 1 aliphatic carbocycles. The number of halogens is 1. The van der Waals surface area contributed by atoms with Crippen molar-refractivity contribution in [2.45, 2.75) is 42.5 Å². The van der Waals surface area contributed by atoms with Crippen LogP contribution >= 0.6 is 23.4 Å². The van der Waals surface area contributed by atoms with Crippen LogP contribution in [-0.2, 0) is 4.79 Å². The fourth-order valence-electron chi connectivity index (χ4n) is 2.55. The van der Waals surface area contributed by atoms with E-state index in [-0.39, 0.29) is 5.25 Å². The Hall–Kier alpha value is -1.26. The van der Waals surface area contributed by atoms with E-state index in [1.54, 1.807) is 18.0 Å². The van der Waals surface area contributed by atoms with Crippen LogP contribution in [0.25, 0.3) is 5.69 Å². The lowest BCUT2D eigenvalue weighted by Gasteiger charge is -2.13. The van der Waals surface area contributed by atoms with Gasteiger partial charge < -0.3 is 0 Å². The molecule has 21 heavy (non-hydrogen) atoms. The molecular formula is C16H17ClN2OS. The lowest BCUT2D eigenvalue weighted by Crippen LogP contribution is -2.15. The van der Waals surface area contributed by atoms with Crippen LogP contribution in [0.5, 0.6) is 0 Å². The Kier molecular flexibility index (Phi) is 4.66. The normalized spacial score (nSPS) is 19.5. The Bertz CT molecular complexity index is 623. The zero-order valence-corrected chi connectivity index (χ0v) is 13.2. The lowest BCUT2D eigenvalue weighted by molar-refractivity contribution is -0.118. The third kappa shape index (κ3) is 3.50. The van der Waals surface area contributed by atoms with E-state index in [1.165, 1.54) is 0 Å². The number of aromatic nitrogens is 2. The summed E-state index contributed by atoms with van der Waals surface area (Å²) >= 11 is 7.52. The van der Waals surface area contributed by atoms with Crippen LogP contribution in [0, 0.1) is 0 Å². The van der Waals surface area contributed by atoms with E-state index in [1.807, 2.05) is 35.0 Å². The molecule has 1 saturated carbocycles. The summed E-state index contributed by atoms with van der Waals surface area (Å²) in [6.45, 7) is 0. The highest BCUT2D eigenvalue weighted by Gasteiger charge is 2.23. The summed E-state index contributed by atoms with van der Waals surface area (Å²) in [6.07, 6.45) is 8.68. The molecule has 1 atom stereocenters. The highest BCUT2D eigenvalue weighted by Crippen LogP contribution is 2.31. The van der Waals surface area contributed by atoms with Crippen molar-refractivity contribution in [3.8, 4) is 5.69 Å². The second-order valence-electron chi connectivity index (χ2n) is 5.23. The summed E-state index contributed by atoms with van der Waals surface area (Å²) in [4.78, 5) is 16.6. The molecule has 3 nitrogen and oxygen atoms in total. The minimum Gasteiger partial charge on any atom is -0.298 e. The Balaban J connectivity index is 1.82. The van der Waals surface area contributed by atoms with Crippen molar-refractivity contribution in [3.63, 3.8) is 0 Å². The van der Waals surface area contributed by atoms with Gasteiger partial charge in [-0.1, -0.05) is 36.2 Å². The Labute approximate surface area is 133 Å². The molecule has 1 aromatic heterocycles. The number of benzene rings is 1. The fraction of sp³-hybridized carbons (Fsp3) is 0.375. The minimum absolute atomic E-state index is 0.0425. The van der Waals surface area contributed by atoms with Crippen molar-refractivity contribution in [2.24, 2.45) is 0 Å². The van der Waals surface area contributed by atoms with Crippen LogP contribution in [0.2, 0.25) is 5.02 Å². The molecule has 0 N–H and O–H groups in total. The van der Waals surface area contributed by atoms with Gasteiger partial charge in [0.25, 0.3) is 0 Å². The molecule has 1 aliphatic rings. The monoisotopic (exact) mass is 320 g/mol. The summed E-state index contributed by atoms with van der Waals surface area (Å²) in [5, 5.41) is 1.63. The molecule has 0 spiro atoms. The van der Waals surface area contributed by atoms with Gasteiger partial charge in [0.2, 0.25) is 0 Å². The lowest BCUT2D eigenvalue weighted by atomic mass is 10.2. The maximum atomic E-state index is 12.2. The smallest absolute Gasteiger partial charge is 0.173 e. The first kappa shape index (κ1) is 14.7. The number of carbonyl (C=O) groups is 1. The standard InChI is InChI=1S/C16H17ClN2OS/c17-12-6-8-13(9-7-12)19-11-10-18-16(19)21-15-5-3-1-2-4-14(15)20/h6-11,15H,1-5H2/t15-/m1/s1. The van der Waals surface area contributed by atoms with Gasteiger partial charge in [-0.25, -0.2) is 4.98 Å². The van der Waals surface area contributed by atoms with Crippen molar-refractivity contribution in [1.82, 2.24) is 9.55 Å². The number of ketones is 1. The molecule has 0 bridgehead atoms. The zero-order chi connectivity index (χ0) is 14.7. The summed E-state index contributed by atoms with van der Waals surface area (Å²) < 4.78 is 2.01. The summed E-state index contributed by atoms with van der Waals surface area (Å²) in [5.74, 6) is 0.364. The quantitative estimate of drug-likeness (QED) is 0.780. The van der Waals surface area contributed by atoms with E-state index in [0.717, 1.165) is 36.5 Å². The van der Waals surface area contributed by atoms with Crippen molar-refractivity contribution < 1.29 is 4.79 Å². The highest BCUT2D eigenvalue weighted by atomic mass is 35.5. The molecule has 2 aromatic rings. The van der Waals surface area contributed by atoms with Crippen LogP contribution in [0.15, 0.2) is 41.8 Å². The van der Waals surface area contributed by atoms with Crippen LogP contribution in [0.4, 0.5) is 0 Å². The first-order valence-electron chi connectivity index (χ1n) is 7.23. The fourth-order valence-corrected chi connectivity index (χ4v) is 3.87. The van der Waals surface area contributed by atoms with E-state index in [2.05, 4.69) is 4.98 Å². The van der Waals surface area contributed by atoms with Gasteiger partial charge >= 0.3 is 0 Å². The van der Waals surface area contributed by atoms with Gasteiger partial charge in [0.05, 0.1) is 5.25 Å². The van der Waals surface area contributed by atoms with Crippen LogP contribution in [-0.4, -0.2) is 20.6 Å². The van der Waals surface area contributed by atoms with Gasteiger partial charge in [-0.15, -0.1) is 0 Å². The molecule has 1 heterocycles. The van der Waals surface area contributed by atoms with Crippen LogP contribution in [0.3, 0.4) is 0 Å². The third-order valence-electron chi connectivity index (χ3n) is 3.71. The van der Waals surface area contributed by atoms with Crippen molar-refractivity contribution in [1.29, 1.82) is 0 Å². The van der Waals surface area contributed by atoms with Crippen molar-refractivity contribution >= 4 is 29.1 Å². The number of carbonyl (C=O) groups excluding carboxylic acids is 1. The maximum absolute atomic E-state index is 12.2. The second-order valence-corrected chi connectivity index (χ2v) is 6.83. The topological polar surface area (TPSA) is 34.9 Å². The van der Waals surface area contributed by atoms with Crippen LogP contribution < -0.4 is 0 Å². The van der Waals surface area contributed by atoms with E-state index in [4.69, 9.17) is 11.6 Å². The van der Waals surface area contributed by atoms with Crippen molar-refractivity contribution in [3.05, 3.63) is 41.7 Å². The third-order valence-corrected chi connectivity index (χ3v) is 5.26. The first-order valence-corrected chi connectivity index (χ1v) is 8.48. The molecule has 3 rings (SSSR count). The number of thioether (sulfide) groups is 1. The molecule has 0 amide bonds.